The lowest BCUT2D eigenvalue weighted by molar-refractivity contribution is -0.138. The predicted octanol–water partition coefficient (Wildman–Crippen LogP) is 2.45. The van der Waals surface area contributed by atoms with Gasteiger partial charge >= 0.3 is 5.97 Å². The summed E-state index contributed by atoms with van der Waals surface area (Å²) in [7, 11) is 1.65. The van der Waals surface area contributed by atoms with Crippen LogP contribution < -0.4 is 5.32 Å². The molecular weight excluding hydrogens is 266 g/mol. The number of hydrogen-bond acceptors (Lipinski definition) is 3. The molecule has 0 bridgehead atoms. The van der Waals surface area contributed by atoms with Crippen LogP contribution in [0.25, 0.3) is 11.1 Å². The molecule has 2 aromatic carbocycles. The zero-order valence-electron chi connectivity index (χ0n) is 11.9. The molecule has 0 aliphatic carbocycles. The Hall–Kier alpha value is -2.17. The number of aliphatic hydroxyl groups is 1. The molecule has 3 N–H and O–H groups in total. The standard InChI is InChI=1S/C17H19NO3/c1-18-15(11-16(19)20)17(21)14-9-7-13(8-10-14)12-5-3-2-4-6-12/h2-10,15,17-18,21H,11H2,1H3,(H,19,20). The summed E-state index contributed by atoms with van der Waals surface area (Å²) in [5, 5.41) is 22.0. The van der Waals surface area contributed by atoms with E-state index < -0.39 is 18.1 Å². The van der Waals surface area contributed by atoms with Crippen molar-refractivity contribution < 1.29 is 15.0 Å². The molecule has 0 aliphatic rings. The van der Waals surface area contributed by atoms with E-state index in [1.165, 1.54) is 0 Å². The van der Waals surface area contributed by atoms with E-state index in [0.29, 0.717) is 5.56 Å². The summed E-state index contributed by atoms with van der Waals surface area (Å²) < 4.78 is 0. The van der Waals surface area contributed by atoms with Crippen LogP contribution in [0.2, 0.25) is 0 Å². The van der Waals surface area contributed by atoms with Crippen LogP contribution in [0.3, 0.4) is 0 Å². The highest BCUT2D eigenvalue weighted by molar-refractivity contribution is 5.68. The fourth-order valence-electron chi connectivity index (χ4n) is 2.30. The first-order valence-electron chi connectivity index (χ1n) is 6.84. The monoisotopic (exact) mass is 285 g/mol. The lowest BCUT2D eigenvalue weighted by Crippen LogP contribution is -2.34. The van der Waals surface area contributed by atoms with Gasteiger partial charge in [-0.15, -0.1) is 0 Å². The SMILES string of the molecule is CNC(CC(=O)O)C(O)c1ccc(-c2ccccc2)cc1. The van der Waals surface area contributed by atoms with Crippen molar-refractivity contribution in [1.29, 1.82) is 0 Å². The van der Waals surface area contributed by atoms with Gasteiger partial charge in [0.25, 0.3) is 0 Å². The van der Waals surface area contributed by atoms with Gasteiger partial charge in [0.2, 0.25) is 0 Å². The van der Waals surface area contributed by atoms with Gasteiger partial charge < -0.3 is 15.5 Å². The van der Waals surface area contributed by atoms with Crippen LogP contribution >= 0.6 is 0 Å². The Labute approximate surface area is 124 Å². The van der Waals surface area contributed by atoms with Crippen molar-refractivity contribution in [2.75, 3.05) is 7.05 Å². The van der Waals surface area contributed by atoms with Crippen LogP contribution in [-0.2, 0) is 4.79 Å². The van der Waals surface area contributed by atoms with Crippen LogP contribution in [0.5, 0.6) is 0 Å². The molecular formula is C17H19NO3. The third-order valence-electron chi connectivity index (χ3n) is 3.51. The Balaban J connectivity index is 2.16. The fraction of sp³-hybridized carbons (Fsp3) is 0.235. The molecule has 0 saturated carbocycles. The Kier molecular flexibility index (Phi) is 5.09. The lowest BCUT2D eigenvalue weighted by Gasteiger charge is -2.21. The lowest BCUT2D eigenvalue weighted by atomic mass is 9.97. The van der Waals surface area contributed by atoms with E-state index in [9.17, 15) is 9.90 Å². The van der Waals surface area contributed by atoms with Crippen LogP contribution in [0.15, 0.2) is 54.6 Å². The molecule has 0 radical (unpaired) electrons. The fourth-order valence-corrected chi connectivity index (χ4v) is 2.30. The molecule has 4 nitrogen and oxygen atoms in total. The molecule has 2 rings (SSSR count). The largest absolute Gasteiger partial charge is 0.481 e. The van der Waals surface area contributed by atoms with Crippen molar-refractivity contribution in [3.8, 4) is 11.1 Å². The minimum Gasteiger partial charge on any atom is -0.481 e. The molecule has 0 spiro atoms. The smallest absolute Gasteiger partial charge is 0.305 e. The number of benzene rings is 2. The van der Waals surface area contributed by atoms with Crippen molar-refractivity contribution in [3.05, 3.63) is 60.2 Å². The Morgan fingerprint density at radius 2 is 1.62 bits per heavy atom. The first-order chi connectivity index (χ1) is 10.1. The van der Waals surface area contributed by atoms with Gasteiger partial charge in [-0.3, -0.25) is 4.79 Å². The second kappa shape index (κ2) is 7.02. The number of rotatable bonds is 6. The molecule has 0 heterocycles. The predicted molar refractivity (Wildman–Crippen MR) is 81.9 cm³/mol. The van der Waals surface area contributed by atoms with E-state index in [1.807, 2.05) is 54.6 Å². The molecule has 0 aliphatic heterocycles. The second-order valence-corrected chi connectivity index (χ2v) is 4.93. The number of nitrogens with one attached hydrogen (secondary N) is 1. The third kappa shape index (κ3) is 3.90. The second-order valence-electron chi connectivity index (χ2n) is 4.93. The minimum absolute atomic E-state index is 0.127. The third-order valence-corrected chi connectivity index (χ3v) is 3.51. The minimum atomic E-state index is -0.936. The molecule has 4 heteroatoms. The molecule has 0 fully saturated rings. The van der Waals surface area contributed by atoms with Crippen LogP contribution in [0.1, 0.15) is 18.1 Å². The van der Waals surface area contributed by atoms with Crippen molar-refractivity contribution >= 4 is 5.97 Å². The van der Waals surface area contributed by atoms with Crippen LogP contribution in [0, 0.1) is 0 Å². The van der Waals surface area contributed by atoms with Gasteiger partial charge in [0, 0.05) is 6.04 Å². The van der Waals surface area contributed by atoms with Gasteiger partial charge in [0.15, 0.2) is 0 Å². The summed E-state index contributed by atoms with van der Waals surface area (Å²) in [6, 6.07) is 17.0. The van der Waals surface area contributed by atoms with E-state index in [1.54, 1.807) is 7.05 Å². The molecule has 2 atom stereocenters. The van der Waals surface area contributed by atoms with Crippen molar-refractivity contribution in [2.24, 2.45) is 0 Å². The highest BCUT2D eigenvalue weighted by Gasteiger charge is 2.21. The normalized spacial score (nSPS) is 13.6. The molecule has 21 heavy (non-hydrogen) atoms. The number of hydrogen-bond donors (Lipinski definition) is 3. The summed E-state index contributed by atoms with van der Waals surface area (Å²) in [5.74, 6) is -0.936. The zero-order chi connectivity index (χ0) is 15.2. The number of carboxylic acids is 1. The molecule has 0 amide bonds. The zero-order valence-corrected chi connectivity index (χ0v) is 11.9. The first-order valence-corrected chi connectivity index (χ1v) is 6.84. The number of carboxylic acid groups (broad SMARTS) is 1. The first kappa shape index (κ1) is 15.2. The quantitative estimate of drug-likeness (QED) is 0.762. The van der Waals surface area contributed by atoms with Gasteiger partial charge in [-0.25, -0.2) is 0 Å². The number of likely N-dealkylation sites (N-methyl/N-ethyl adjacent to an activating group) is 1. The molecule has 110 valence electrons. The average molecular weight is 285 g/mol. The Bertz CT molecular complexity index is 581. The summed E-state index contributed by atoms with van der Waals surface area (Å²) in [4.78, 5) is 10.8. The van der Waals surface area contributed by atoms with Gasteiger partial charge in [-0.2, -0.15) is 0 Å². The van der Waals surface area contributed by atoms with E-state index in [4.69, 9.17) is 5.11 Å². The average Bonchev–Trinajstić information content (AvgIpc) is 2.53. The van der Waals surface area contributed by atoms with Gasteiger partial charge in [0.1, 0.15) is 0 Å². The van der Waals surface area contributed by atoms with Crippen molar-refractivity contribution in [1.82, 2.24) is 5.32 Å². The number of carbonyl (C=O) groups is 1. The summed E-state index contributed by atoms with van der Waals surface area (Å²) >= 11 is 0. The molecule has 0 saturated heterocycles. The maximum Gasteiger partial charge on any atom is 0.305 e. The van der Waals surface area contributed by atoms with E-state index in [-0.39, 0.29) is 6.42 Å². The van der Waals surface area contributed by atoms with Gasteiger partial charge in [-0.1, -0.05) is 54.6 Å². The Morgan fingerprint density at radius 3 is 2.14 bits per heavy atom. The molecule has 2 unspecified atom stereocenters. The highest BCUT2D eigenvalue weighted by Crippen LogP contribution is 2.24. The number of aliphatic hydroxyl groups excluding tert-OH is 1. The van der Waals surface area contributed by atoms with Crippen molar-refractivity contribution in [3.63, 3.8) is 0 Å². The van der Waals surface area contributed by atoms with E-state index in [0.717, 1.165) is 11.1 Å². The summed E-state index contributed by atoms with van der Waals surface area (Å²) in [6.07, 6.45) is -0.978. The molecule has 2 aromatic rings. The summed E-state index contributed by atoms with van der Waals surface area (Å²) in [6.45, 7) is 0. The van der Waals surface area contributed by atoms with E-state index in [2.05, 4.69) is 5.32 Å². The van der Waals surface area contributed by atoms with E-state index >= 15 is 0 Å². The topological polar surface area (TPSA) is 69.6 Å². The van der Waals surface area contributed by atoms with Gasteiger partial charge in [-0.05, 0) is 23.7 Å². The maximum absolute atomic E-state index is 10.8. The Morgan fingerprint density at radius 1 is 1.05 bits per heavy atom. The highest BCUT2D eigenvalue weighted by atomic mass is 16.4. The van der Waals surface area contributed by atoms with Crippen molar-refractivity contribution in [2.45, 2.75) is 18.6 Å². The van der Waals surface area contributed by atoms with Gasteiger partial charge in [0.05, 0.1) is 12.5 Å². The van der Waals surface area contributed by atoms with Crippen LogP contribution in [0.4, 0.5) is 0 Å². The molecule has 0 aromatic heterocycles. The van der Waals surface area contributed by atoms with Crippen LogP contribution in [-0.4, -0.2) is 29.3 Å². The number of aliphatic carboxylic acids is 1. The maximum atomic E-state index is 10.8. The summed E-state index contributed by atoms with van der Waals surface area (Å²) in [5.41, 5.74) is 2.87.